The Kier molecular flexibility index (Phi) is 6.27. The third kappa shape index (κ3) is 4.65. The summed E-state index contributed by atoms with van der Waals surface area (Å²) in [5.41, 5.74) is 1.32. The SMILES string of the molecule is C#Cc1cccc(NC(=O)CNC(=O)C2CCCN2C(=O)c2ccc3ccccc3c2O)c1. The fourth-order valence-electron chi connectivity index (χ4n) is 4.04. The van der Waals surface area contributed by atoms with Crippen LogP contribution in [0.5, 0.6) is 5.75 Å². The van der Waals surface area contributed by atoms with Gasteiger partial charge in [0.05, 0.1) is 12.1 Å². The van der Waals surface area contributed by atoms with Crippen molar-refractivity contribution in [2.24, 2.45) is 0 Å². The van der Waals surface area contributed by atoms with Crippen molar-refractivity contribution in [3.63, 3.8) is 0 Å². The maximum Gasteiger partial charge on any atom is 0.258 e. The number of amides is 3. The molecule has 1 atom stereocenters. The first-order valence-corrected chi connectivity index (χ1v) is 10.6. The van der Waals surface area contributed by atoms with Crippen molar-refractivity contribution in [2.75, 3.05) is 18.4 Å². The molecule has 0 radical (unpaired) electrons. The smallest absolute Gasteiger partial charge is 0.258 e. The van der Waals surface area contributed by atoms with E-state index in [1.165, 1.54) is 4.90 Å². The second-order valence-electron chi connectivity index (χ2n) is 7.83. The predicted octanol–water partition coefficient (Wildman–Crippen LogP) is 2.89. The van der Waals surface area contributed by atoms with Gasteiger partial charge in [0, 0.05) is 23.2 Å². The molecule has 3 aromatic rings. The first-order chi connectivity index (χ1) is 16.0. The van der Waals surface area contributed by atoms with Crippen LogP contribution in [0.15, 0.2) is 60.7 Å². The highest BCUT2D eigenvalue weighted by Gasteiger charge is 2.35. The molecule has 1 saturated heterocycles. The molecular formula is C26H23N3O4. The summed E-state index contributed by atoms with van der Waals surface area (Å²) >= 11 is 0. The first-order valence-electron chi connectivity index (χ1n) is 10.6. The van der Waals surface area contributed by atoms with Crippen molar-refractivity contribution in [3.8, 4) is 18.1 Å². The Balaban J connectivity index is 1.41. The lowest BCUT2D eigenvalue weighted by molar-refractivity contribution is -0.127. The second kappa shape index (κ2) is 9.45. The largest absolute Gasteiger partial charge is 0.506 e. The van der Waals surface area contributed by atoms with Gasteiger partial charge in [-0.2, -0.15) is 0 Å². The van der Waals surface area contributed by atoms with E-state index in [0.29, 0.717) is 36.0 Å². The van der Waals surface area contributed by atoms with Crippen LogP contribution in [-0.4, -0.2) is 46.9 Å². The summed E-state index contributed by atoms with van der Waals surface area (Å²) in [7, 11) is 0. The summed E-state index contributed by atoms with van der Waals surface area (Å²) in [6.45, 7) is 0.160. The highest BCUT2D eigenvalue weighted by molar-refractivity contribution is 6.05. The molecule has 166 valence electrons. The van der Waals surface area contributed by atoms with Crippen LogP contribution in [-0.2, 0) is 9.59 Å². The van der Waals surface area contributed by atoms with Crippen LogP contribution < -0.4 is 10.6 Å². The summed E-state index contributed by atoms with van der Waals surface area (Å²) in [4.78, 5) is 39.6. The molecule has 7 nitrogen and oxygen atoms in total. The molecule has 0 aromatic heterocycles. The Morgan fingerprint density at radius 3 is 2.73 bits per heavy atom. The molecule has 3 amide bonds. The maximum atomic E-state index is 13.2. The number of rotatable bonds is 5. The lowest BCUT2D eigenvalue weighted by Gasteiger charge is -2.24. The van der Waals surface area contributed by atoms with E-state index in [1.807, 2.05) is 12.1 Å². The van der Waals surface area contributed by atoms with E-state index >= 15 is 0 Å². The van der Waals surface area contributed by atoms with Gasteiger partial charge in [0.15, 0.2) is 0 Å². The number of benzene rings is 3. The molecule has 0 saturated carbocycles. The fraction of sp³-hybridized carbons (Fsp3) is 0.192. The van der Waals surface area contributed by atoms with Gasteiger partial charge in [-0.1, -0.05) is 42.3 Å². The van der Waals surface area contributed by atoms with Crippen molar-refractivity contribution < 1.29 is 19.5 Å². The summed E-state index contributed by atoms with van der Waals surface area (Å²) in [5, 5.41) is 17.3. The Morgan fingerprint density at radius 1 is 1.09 bits per heavy atom. The first kappa shape index (κ1) is 21.9. The average Bonchev–Trinajstić information content (AvgIpc) is 3.33. The van der Waals surface area contributed by atoms with Gasteiger partial charge in [0.2, 0.25) is 11.8 Å². The number of anilines is 1. The molecule has 1 unspecified atom stereocenters. The van der Waals surface area contributed by atoms with Crippen LogP contribution in [0, 0.1) is 12.3 Å². The molecule has 1 aliphatic heterocycles. The number of nitrogens with one attached hydrogen (secondary N) is 2. The van der Waals surface area contributed by atoms with Crippen LogP contribution in [0.4, 0.5) is 5.69 Å². The molecule has 3 N–H and O–H groups in total. The van der Waals surface area contributed by atoms with Crippen molar-refractivity contribution in [2.45, 2.75) is 18.9 Å². The number of carbonyl (C=O) groups is 3. The average molecular weight is 441 g/mol. The standard InChI is InChI=1S/C26H23N3O4/c1-2-17-7-5-9-19(15-17)28-23(30)16-27-25(32)22-11-6-14-29(22)26(33)21-13-12-18-8-3-4-10-20(18)24(21)31/h1,3-5,7-10,12-13,15,22,31H,6,11,14,16H2,(H,27,32)(H,28,30). The number of nitrogens with zero attached hydrogens (tertiary/aromatic N) is 1. The molecular weight excluding hydrogens is 418 g/mol. The lowest BCUT2D eigenvalue weighted by atomic mass is 10.0. The fourth-order valence-corrected chi connectivity index (χ4v) is 4.04. The van der Waals surface area contributed by atoms with Crippen LogP contribution in [0.1, 0.15) is 28.8 Å². The molecule has 33 heavy (non-hydrogen) atoms. The molecule has 7 heteroatoms. The van der Waals surface area contributed by atoms with E-state index in [0.717, 1.165) is 5.39 Å². The molecule has 1 heterocycles. The Bertz CT molecular complexity index is 1280. The van der Waals surface area contributed by atoms with E-state index in [-0.39, 0.29) is 17.9 Å². The van der Waals surface area contributed by atoms with Crippen LogP contribution in [0.3, 0.4) is 0 Å². The third-order valence-corrected chi connectivity index (χ3v) is 5.68. The van der Waals surface area contributed by atoms with Crippen molar-refractivity contribution in [3.05, 3.63) is 71.8 Å². The molecule has 1 fully saturated rings. The summed E-state index contributed by atoms with van der Waals surface area (Å²) < 4.78 is 0. The van der Waals surface area contributed by atoms with Crippen molar-refractivity contribution in [1.29, 1.82) is 0 Å². The van der Waals surface area contributed by atoms with Crippen LogP contribution in [0.25, 0.3) is 10.8 Å². The van der Waals surface area contributed by atoms with E-state index < -0.39 is 23.8 Å². The van der Waals surface area contributed by atoms with Gasteiger partial charge in [0.25, 0.3) is 5.91 Å². The minimum absolute atomic E-state index is 0.0993. The van der Waals surface area contributed by atoms with Gasteiger partial charge in [-0.25, -0.2) is 0 Å². The number of fused-ring (bicyclic) bond motifs is 1. The van der Waals surface area contributed by atoms with E-state index in [2.05, 4.69) is 16.6 Å². The zero-order chi connectivity index (χ0) is 23.4. The van der Waals surface area contributed by atoms with E-state index in [4.69, 9.17) is 6.42 Å². The minimum atomic E-state index is -0.707. The van der Waals surface area contributed by atoms with E-state index in [1.54, 1.807) is 48.5 Å². The van der Waals surface area contributed by atoms with Gasteiger partial charge in [-0.3, -0.25) is 14.4 Å². The molecule has 0 bridgehead atoms. The monoisotopic (exact) mass is 441 g/mol. The minimum Gasteiger partial charge on any atom is -0.506 e. The summed E-state index contributed by atoms with van der Waals surface area (Å²) in [6, 6.07) is 16.7. The Labute approximate surface area is 191 Å². The van der Waals surface area contributed by atoms with Crippen LogP contribution in [0.2, 0.25) is 0 Å². The molecule has 0 aliphatic carbocycles. The van der Waals surface area contributed by atoms with Gasteiger partial charge in [0.1, 0.15) is 11.8 Å². The second-order valence-corrected chi connectivity index (χ2v) is 7.83. The van der Waals surface area contributed by atoms with Crippen molar-refractivity contribution in [1.82, 2.24) is 10.2 Å². The van der Waals surface area contributed by atoms with Gasteiger partial charge >= 0.3 is 0 Å². The predicted molar refractivity (Wildman–Crippen MR) is 126 cm³/mol. The third-order valence-electron chi connectivity index (χ3n) is 5.68. The van der Waals surface area contributed by atoms with E-state index in [9.17, 15) is 19.5 Å². The van der Waals surface area contributed by atoms with Crippen LogP contribution >= 0.6 is 0 Å². The molecule has 3 aromatic carbocycles. The zero-order valence-corrected chi connectivity index (χ0v) is 17.9. The number of terminal acetylenes is 1. The molecule has 1 aliphatic rings. The topological polar surface area (TPSA) is 98.7 Å². The normalized spacial score (nSPS) is 15.1. The number of phenols is 1. The summed E-state index contributed by atoms with van der Waals surface area (Å²) in [5.74, 6) is 1.17. The highest BCUT2D eigenvalue weighted by Crippen LogP contribution is 2.31. The molecule has 4 rings (SSSR count). The van der Waals surface area contributed by atoms with Crippen molar-refractivity contribution >= 4 is 34.2 Å². The van der Waals surface area contributed by atoms with Gasteiger partial charge in [-0.05, 0) is 42.5 Å². The number of hydrogen-bond acceptors (Lipinski definition) is 4. The number of aromatic hydroxyl groups is 1. The number of phenolic OH excluding ortho intramolecular Hbond substituents is 1. The maximum absolute atomic E-state index is 13.2. The number of hydrogen-bond donors (Lipinski definition) is 3. The zero-order valence-electron chi connectivity index (χ0n) is 17.9. The lowest BCUT2D eigenvalue weighted by Crippen LogP contribution is -2.47. The molecule has 0 spiro atoms. The number of likely N-dealkylation sites (tertiary alicyclic amines) is 1. The quantitative estimate of drug-likeness (QED) is 0.530. The highest BCUT2D eigenvalue weighted by atomic mass is 16.3. The number of carbonyl (C=O) groups excluding carboxylic acids is 3. The van der Waals surface area contributed by atoms with Gasteiger partial charge < -0.3 is 20.6 Å². The Hall–Kier alpha value is -4.31. The van der Waals surface area contributed by atoms with Gasteiger partial charge in [-0.15, -0.1) is 6.42 Å². The Morgan fingerprint density at radius 2 is 1.91 bits per heavy atom. The summed E-state index contributed by atoms with van der Waals surface area (Å²) in [6.07, 6.45) is 6.51.